The number of fused-ring (bicyclic) bond motifs is 1. The molecule has 1 aromatic rings. The van der Waals surface area contributed by atoms with Crippen LogP contribution in [0.5, 0.6) is 5.75 Å². The standard InChI is InChI=1S/C15H20F3NOS/c1-2-7-19-14-6-3-11-10-12(4-5-13(11)14)20-8-9-21-15(16,17)18/h4-5,10,14,19H,2-3,6-9H2,1H3. The zero-order valence-corrected chi connectivity index (χ0v) is 12.8. The molecule has 1 unspecified atom stereocenters. The monoisotopic (exact) mass is 319 g/mol. The van der Waals surface area contributed by atoms with Gasteiger partial charge >= 0.3 is 5.51 Å². The van der Waals surface area contributed by atoms with Crippen LogP contribution in [0.25, 0.3) is 0 Å². The Morgan fingerprint density at radius 3 is 2.90 bits per heavy atom. The second-order valence-corrected chi connectivity index (χ2v) is 6.21. The second-order valence-electron chi connectivity index (χ2n) is 5.05. The van der Waals surface area contributed by atoms with Gasteiger partial charge in [-0.15, -0.1) is 0 Å². The highest BCUT2D eigenvalue weighted by atomic mass is 32.2. The molecule has 0 saturated heterocycles. The fourth-order valence-electron chi connectivity index (χ4n) is 2.53. The molecule has 0 bridgehead atoms. The fourth-order valence-corrected chi connectivity index (χ4v) is 2.93. The van der Waals surface area contributed by atoms with Crippen molar-refractivity contribution in [1.82, 2.24) is 5.32 Å². The zero-order valence-electron chi connectivity index (χ0n) is 12.0. The van der Waals surface area contributed by atoms with Crippen LogP contribution in [0.15, 0.2) is 18.2 Å². The first-order valence-electron chi connectivity index (χ1n) is 7.19. The minimum Gasteiger partial charge on any atom is -0.493 e. The van der Waals surface area contributed by atoms with Gasteiger partial charge in [-0.05, 0) is 60.8 Å². The number of alkyl halides is 3. The van der Waals surface area contributed by atoms with Crippen molar-refractivity contribution in [2.75, 3.05) is 18.9 Å². The molecule has 0 aromatic heterocycles. The van der Waals surface area contributed by atoms with E-state index >= 15 is 0 Å². The van der Waals surface area contributed by atoms with Gasteiger partial charge in [-0.1, -0.05) is 13.0 Å². The van der Waals surface area contributed by atoms with Gasteiger partial charge in [-0.25, -0.2) is 0 Å². The molecule has 1 aliphatic carbocycles. The minimum atomic E-state index is -4.18. The van der Waals surface area contributed by atoms with E-state index in [0.29, 0.717) is 11.8 Å². The van der Waals surface area contributed by atoms with Crippen LogP contribution in [0.4, 0.5) is 13.2 Å². The Bertz CT molecular complexity index is 465. The molecule has 1 atom stereocenters. The van der Waals surface area contributed by atoms with Crippen LogP contribution >= 0.6 is 11.8 Å². The number of ether oxygens (including phenoxy) is 1. The largest absolute Gasteiger partial charge is 0.493 e. The molecule has 6 heteroatoms. The first kappa shape index (κ1) is 16.5. The Balaban J connectivity index is 1.84. The summed E-state index contributed by atoms with van der Waals surface area (Å²) in [5.41, 5.74) is -1.65. The van der Waals surface area contributed by atoms with Gasteiger partial charge in [0.2, 0.25) is 0 Å². The fraction of sp³-hybridized carbons (Fsp3) is 0.600. The second kappa shape index (κ2) is 7.40. The van der Waals surface area contributed by atoms with Gasteiger partial charge < -0.3 is 10.1 Å². The maximum absolute atomic E-state index is 12.0. The average Bonchev–Trinajstić information content (AvgIpc) is 2.83. The molecular formula is C15H20F3NOS. The van der Waals surface area contributed by atoms with Crippen LogP contribution < -0.4 is 10.1 Å². The Hall–Kier alpha value is -0.880. The molecule has 1 aromatic carbocycles. The van der Waals surface area contributed by atoms with Crippen molar-refractivity contribution in [2.45, 2.75) is 37.7 Å². The number of hydrogen-bond acceptors (Lipinski definition) is 3. The quantitative estimate of drug-likeness (QED) is 0.757. The number of benzene rings is 1. The van der Waals surface area contributed by atoms with E-state index in [1.807, 2.05) is 18.2 Å². The molecule has 0 saturated carbocycles. The van der Waals surface area contributed by atoms with Gasteiger partial charge in [0.05, 0.1) is 6.61 Å². The maximum Gasteiger partial charge on any atom is 0.441 e. The summed E-state index contributed by atoms with van der Waals surface area (Å²) in [6.07, 6.45) is 3.16. The highest BCUT2D eigenvalue weighted by molar-refractivity contribution is 8.00. The van der Waals surface area contributed by atoms with Gasteiger partial charge in [0.1, 0.15) is 5.75 Å². The Morgan fingerprint density at radius 1 is 1.38 bits per heavy atom. The van der Waals surface area contributed by atoms with Gasteiger partial charge in [-0.3, -0.25) is 0 Å². The average molecular weight is 319 g/mol. The molecule has 118 valence electrons. The predicted molar refractivity (Wildman–Crippen MR) is 79.8 cm³/mol. The van der Waals surface area contributed by atoms with Crippen molar-refractivity contribution in [1.29, 1.82) is 0 Å². The van der Waals surface area contributed by atoms with Crippen LogP contribution in [0, 0.1) is 0 Å². The first-order valence-corrected chi connectivity index (χ1v) is 8.18. The summed E-state index contributed by atoms with van der Waals surface area (Å²) in [7, 11) is 0. The topological polar surface area (TPSA) is 21.3 Å². The Morgan fingerprint density at radius 2 is 2.19 bits per heavy atom. The lowest BCUT2D eigenvalue weighted by Gasteiger charge is -2.14. The number of hydrogen-bond donors (Lipinski definition) is 1. The van der Waals surface area contributed by atoms with E-state index in [0.717, 1.165) is 25.8 Å². The number of thioether (sulfide) groups is 1. The summed E-state index contributed by atoms with van der Waals surface area (Å²) in [4.78, 5) is 0. The summed E-state index contributed by atoms with van der Waals surface area (Å²) in [6.45, 7) is 3.20. The van der Waals surface area contributed by atoms with E-state index in [4.69, 9.17) is 4.74 Å². The predicted octanol–water partition coefficient (Wildman–Crippen LogP) is 4.31. The van der Waals surface area contributed by atoms with Crippen molar-refractivity contribution in [2.24, 2.45) is 0 Å². The Kier molecular flexibility index (Phi) is 5.81. The maximum atomic E-state index is 12.0. The molecule has 0 amide bonds. The van der Waals surface area contributed by atoms with E-state index < -0.39 is 5.51 Å². The minimum absolute atomic E-state index is 0.0473. The number of rotatable bonds is 7. The first-order chi connectivity index (χ1) is 9.99. The molecule has 1 aliphatic rings. The molecule has 0 heterocycles. The molecule has 0 fully saturated rings. The van der Waals surface area contributed by atoms with E-state index in [1.165, 1.54) is 11.1 Å². The third kappa shape index (κ3) is 5.11. The zero-order chi connectivity index (χ0) is 15.3. The van der Waals surface area contributed by atoms with Gasteiger partial charge in [-0.2, -0.15) is 13.2 Å². The van der Waals surface area contributed by atoms with Crippen molar-refractivity contribution >= 4 is 11.8 Å². The Labute approximate surface area is 127 Å². The molecule has 1 N–H and O–H groups in total. The number of nitrogens with one attached hydrogen (secondary N) is 1. The molecule has 2 rings (SSSR count). The van der Waals surface area contributed by atoms with Crippen LogP contribution in [-0.2, 0) is 6.42 Å². The van der Waals surface area contributed by atoms with E-state index in [9.17, 15) is 13.2 Å². The highest BCUT2D eigenvalue weighted by Gasteiger charge is 2.27. The summed E-state index contributed by atoms with van der Waals surface area (Å²) < 4.78 is 41.4. The summed E-state index contributed by atoms with van der Waals surface area (Å²) in [5, 5.41) is 3.51. The van der Waals surface area contributed by atoms with Crippen molar-refractivity contribution in [3.05, 3.63) is 29.3 Å². The van der Waals surface area contributed by atoms with E-state index in [1.54, 1.807) is 0 Å². The van der Waals surface area contributed by atoms with Crippen LogP contribution in [0.1, 0.15) is 36.9 Å². The summed E-state index contributed by atoms with van der Waals surface area (Å²) in [5.74, 6) is 0.578. The SMILES string of the molecule is CCCNC1CCc2cc(OCCSC(F)(F)F)ccc21. The highest BCUT2D eigenvalue weighted by Crippen LogP contribution is 2.34. The van der Waals surface area contributed by atoms with Crippen molar-refractivity contribution in [3.63, 3.8) is 0 Å². The normalized spacial score (nSPS) is 17.8. The molecule has 0 radical (unpaired) electrons. The van der Waals surface area contributed by atoms with Crippen molar-refractivity contribution in [3.8, 4) is 5.75 Å². The van der Waals surface area contributed by atoms with Crippen molar-refractivity contribution < 1.29 is 17.9 Å². The molecule has 21 heavy (non-hydrogen) atoms. The molecular weight excluding hydrogens is 299 g/mol. The lowest BCUT2D eigenvalue weighted by atomic mass is 10.1. The van der Waals surface area contributed by atoms with Crippen LogP contribution in [0.3, 0.4) is 0 Å². The van der Waals surface area contributed by atoms with Gasteiger partial charge in [0.25, 0.3) is 0 Å². The molecule has 0 spiro atoms. The molecule has 2 nitrogen and oxygen atoms in total. The van der Waals surface area contributed by atoms with Gasteiger partial charge in [0, 0.05) is 11.8 Å². The van der Waals surface area contributed by atoms with E-state index in [-0.39, 0.29) is 24.1 Å². The number of aryl methyl sites for hydroxylation is 1. The molecule has 0 aliphatic heterocycles. The van der Waals surface area contributed by atoms with Crippen LogP contribution in [0.2, 0.25) is 0 Å². The number of halogens is 3. The summed E-state index contributed by atoms with van der Waals surface area (Å²) >= 11 is -0.0473. The summed E-state index contributed by atoms with van der Waals surface area (Å²) in [6, 6.07) is 6.24. The van der Waals surface area contributed by atoms with E-state index in [2.05, 4.69) is 12.2 Å². The third-order valence-corrected chi connectivity index (χ3v) is 4.15. The smallest absolute Gasteiger partial charge is 0.441 e. The lowest BCUT2D eigenvalue weighted by molar-refractivity contribution is -0.0329. The third-order valence-electron chi connectivity index (χ3n) is 3.45. The van der Waals surface area contributed by atoms with Crippen LogP contribution in [-0.4, -0.2) is 24.4 Å². The lowest BCUT2D eigenvalue weighted by Crippen LogP contribution is -2.19. The van der Waals surface area contributed by atoms with Gasteiger partial charge in [0.15, 0.2) is 0 Å².